The second-order valence-electron chi connectivity index (χ2n) is 4.95. The smallest absolute Gasteiger partial charge is 0.152 e. The molecule has 0 radical (unpaired) electrons. The summed E-state index contributed by atoms with van der Waals surface area (Å²) in [5.41, 5.74) is 7.00. The van der Waals surface area contributed by atoms with Crippen molar-refractivity contribution in [2.45, 2.75) is 19.4 Å². The van der Waals surface area contributed by atoms with E-state index >= 15 is 0 Å². The summed E-state index contributed by atoms with van der Waals surface area (Å²) in [5, 5.41) is 0. The summed E-state index contributed by atoms with van der Waals surface area (Å²) in [6.07, 6.45) is 0.567. The SMILES string of the molecule is CC(N)c1c(F)cccc1N1CCCS(=O)(=O)CC1. The van der Waals surface area contributed by atoms with Crippen LogP contribution in [-0.2, 0) is 9.84 Å². The van der Waals surface area contributed by atoms with E-state index in [4.69, 9.17) is 5.73 Å². The van der Waals surface area contributed by atoms with Gasteiger partial charge in [0.15, 0.2) is 9.84 Å². The summed E-state index contributed by atoms with van der Waals surface area (Å²) >= 11 is 0. The number of halogens is 1. The van der Waals surface area contributed by atoms with Crippen LogP contribution in [0.1, 0.15) is 24.9 Å². The minimum absolute atomic E-state index is 0.113. The van der Waals surface area contributed by atoms with Gasteiger partial charge in [-0.3, -0.25) is 0 Å². The van der Waals surface area contributed by atoms with Crippen molar-refractivity contribution in [3.8, 4) is 0 Å². The van der Waals surface area contributed by atoms with Crippen LogP contribution in [0.4, 0.5) is 10.1 Å². The van der Waals surface area contributed by atoms with Crippen LogP contribution in [0.25, 0.3) is 0 Å². The largest absolute Gasteiger partial charge is 0.370 e. The van der Waals surface area contributed by atoms with Gasteiger partial charge < -0.3 is 10.6 Å². The molecule has 1 fully saturated rings. The van der Waals surface area contributed by atoms with Crippen LogP contribution in [0.3, 0.4) is 0 Å². The molecule has 1 aliphatic rings. The van der Waals surface area contributed by atoms with Gasteiger partial charge in [-0.2, -0.15) is 0 Å². The lowest BCUT2D eigenvalue weighted by atomic mass is 10.0. The molecule has 4 nitrogen and oxygen atoms in total. The van der Waals surface area contributed by atoms with Gasteiger partial charge in [-0.25, -0.2) is 12.8 Å². The molecule has 1 aromatic carbocycles. The van der Waals surface area contributed by atoms with Crippen molar-refractivity contribution in [1.82, 2.24) is 0 Å². The molecule has 1 aliphatic heterocycles. The van der Waals surface area contributed by atoms with E-state index in [2.05, 4.69) is 0 Å². The van der Waals surface area contributed by atoms with E-state index < -0.39 is 15.9 Å². The van der Waals surface area contributed by atoms with Gasteiger partial charge in [0.1, 0.15) is 5.82 Å². The highest BCUT2D eigenvalue weighted by molar-refractivity contribution is 7.91. The van der Waals surface area contributed by atoms with Crippen molar-refractivity contribution in [3.63, 3.8) is 0 Å². The van der Waals surface area contributed by atoms with Crippen LogP contribution in [0.15, 0.2) is 18.2 Å². The lowest BCUT2D eigenvalue weighted by molar-refractivity contribution is 0.591. The van der Waals surface area contributed by atoms with Crippen molar-refractivity contribution < 1.29 is 12.8 Å². The molecule has 0 saturated carbocycles. The first-order chi connectivity index (χ1) is 8.91. The first kappa shape index (κ1) is 14.3. The normalized spacial score (nSPS) is 20.9. The Labute approximate surface area is 113 Å². The van der Waals surface area contributed by atoms with E-state index in [-0.39, 0.29) is 17.3 Å². The zero-order valence-corrected chi connectivity index (χ0v) is 11.8. The highest BCUT2D eigenvalue weighted by atomic mass is 32.2. The number of hydrogen-bond donors (Lipinski definition) is 1. The monoisotopic (exact) mass is 286 g/mol. The van der Waals surface area contributed by atoms with Crippen molar-refractivity contribution in [2.75, 3.05) is 29.5 Å². The van der Waals surface area contributed by atoms with Gasteiger partial charge in [-0.1, -0.05) is 6.07 Å². The van der Waals surface area contributed by atoms with Crippen molar-refractivity contribution >= 4 is 15.5 Å². The van der Waals surface area contributed by atoms with Gasteiger partial charge in [0.25, 0.3) is 0 Å². The van der Waals surface area contributed by atoms with Gasteiger partial charge in [0.05, 0.1) is 11.5 Å². The van der Waals surface area contributed by atoms with E-state index in [1.165, 1.54) is 6.07 Å². The molecule has 0 bridgehead atoms. The molecule has 2 N–H and O–H groups in total. The Kier molecular flexibility index (Phi) is 4.10. The lowest BCUT2D eigenvalue weighted by Gasteiger charge is -2.26. The van der Waals surface area contributed by atoms with E-state index in [9.17, 15) is 12.8 Å². The molecule has 1 atom stereocenters. The number of nitrogens with two attached hydrogens (primary N) is 1. The average molecular weight is 286 g/mol. The van der Waals surface area contributed by atoms with Crippen molar-refractivity contribution in [3.05, 3.63) is 29.6 Å². The zero-order chi connectivity index (χ0) is 14.0. The van der Waals surface area contributed by atoms with Gasteiger partial charge in [-0.05, 0) is 25.5 Å². The molecule has 0 aliphatic carbocycles. The van der Waals surface area contributed by atoms with E-state index in [0.29, 0.717) is 30.8 Å². The van der Waals surface area contributed by atoms with Crippen molar-refractivity contribution in [1.29, 1.82) is 0 Å². The first-order valence-electron chi connectivity index (χ1n) is 6.40. The maximum Gasteiger partial charge on any atom is 0.152 e. The molecular formula is C13H19FN2O2S. The molecule has 2 rings (SSSR count). The third kappa shape index (κ3) is 3.25. The molecule has 19 heavy (non-hydrogen) atoms. The van der Waals surface area contributed by atoms with Gasteiger partial charge >= 0.3 is 0 Å². The third-order valence-corrected chi connectivity index (χ3v) is 5.10. The molecule has 0 aromatic heterocycles. The number of rotatable bonds is 2. The number of sulfone groups is 1. The molecule has 6 heteroatoms. The fourth-order valence-electron chi connectivity index (χ4n) is 2.43. The van der Waals surface area contributed by atoms with E-state index in [1.54, 1.807) is 19.1 Å². The minimum Gasteiger partial charge on any atom is -0.370 e. The Morgan fingerprint density at radius 3 is 2.74 bits per heavy atom. The zero-order valence-electron chi connectivity index (χ0n) is 11.0. The number of nitrogens with zero attached hydrogens (tertiary/aromatic N) is 1. The lowest BCUT2D eigenvalue weighted by Crippen LogP contribution is -2.29. The Morgan fingerprint density at radius 2 is 2.05 bits per heavy atom. The number of hydrogen-bond acceptors (Lipinski definition) is 4. The predicted octanol–water partition coefficient (Wildman–Crippen LogP) is 1.47. The molecule has 106 valence electrons. The predicted molar refractivity (Wildman–Crippen MR) is 74.5 cm³/mol. The third-order valence-electron chi connectivity index (χ3n) is 3.38. The summed E-state index contributed by atoms with van der Waals surface area (Å²) in [6, 6.07) is 4.41. The molecular weight excluding hydrogens is 267 g/mol. The van der Waals surface area contributed by atoms with Crippen LogP contribution in [0.5, 0.6) is 0 Å². The van der Waals surface area contributed by atoms with Crippen LogP contribution in [0.2, 0.25) is 0 Å². The molecule has 0 amide bonds. The topological polar surface area (TPSA) is 63.4 Å². The van der Waals surface area contributed by atoms with E-state index in [0.717, 1.165) is 0 Å². The highest BCUT2D eigenvalue weighted by Gasteiger charge is 2.23. The summed E-state index contributed by atoms with van der Waals surface area (Å²) in [4.78, 5) is 1.92. The highest BCUT2D eigenvalue weighted by Crippen LogP contribution is 2.28. The van der Waals surface area contributed by atoms with Crippen molar-refractivity contribution in [2.24, 2.45) is 5.73 Å². The summed E-state index contributed by atoms with van der Waals surface area (Å²) in [5.74, 6) is -0.0200. The maximum absolute atomic E-state index is 13.9. The molecule has 1 unspecified atom stereocenters. The fraction of sp³-hybridized carbons (Fsp3) is 0.538. The first-order valence-corrected chi connectivity index (χ1v) is 8.22. The minimum atomic E-state index is -2.97. The fourth-order valence-corrected chi connectivity index (χ4v) is 3.70. The molecule has 1 aromatic rings. The Bertz CT molecular complexity index is 558. The van der Waals surface area contributed by atoms with Crippen LogP contribution >= 0.6 is 0 Å². The number of anilines is 1. The van der Waals surface area contributed by atoms with Gasteiger partial charge in [-0.15, -0.1) is 0 Å². The summed E-state index contributed by atoms with van der Waals surface area (Å²) in [7, 11) is -2.97. The van der Waals surface area contributed by atoms with Gasteiger partial charge in [0.2, 0.25) is 0 Å². The quantitative estimate of drug-likeness (QED) is 0.894. The Morgan fingerprint density at radius 1 is 1.32 bits per heavy atom. The summed E-state index contributed by atoms with van der Waals surface area (Å²) in [6.45, 7) is 2.74. The van der Waals surface area contributed by atoms with Crippen LogP contribution in [0, 0.1) is 5.82 Å². The standard InChI is InChI=1S/C13H19FN2O2S/c1-10(15)13-11(14)4-2-5-12(13)16-6-3-8-19(17,18)9-7-16/h2,4-5,10H,3,6-9,15H2,1H3. The maximum atomic E-state index is 13.9. The Hall–Kier alpha value is -1.14. The van der Waals surface area contributed by atoms with Crippen LogP contribution < -0.4 is 10.6 Å². The van der Waals surface area contributed by atoms with E-state index in [1.807, 2.05) is 4.90 Å². The summed E-state index contributed by atoms with van der Waals surface area (Å²) < 4.78 is 37.1. The molecule has 1 heterocycles. The molecule has 1 saturated heterocycles. The Balaban J connectivity index is 2.34. The number of benzene rings is 1. The average Bonchev–Trinajstić information content (AvgIpc) is 2.49. The van der Waals surface area contributed by atoms with Gasteiger partial charge in [0, 0.05) is 30.4 Å². The second-order valence-corrected chi connectivity index (χ2v) is 7.26. The van der Waals surface area contributed by atoms with Crippen LogP contribution in [-0.4, -0.2) is 33.0 Å². The second kappa shape index (κ2) is 5.46. The molecule has 0 spiro atoms.